The zero-order chi connectivity index (χ0) is 22.2. The summed E-state index contributed by atoms with van der Waals surface area (Å²) >= 11 is 1.09. The summed E-state index contributed by atoms with van der Waals surface area (Å²) in [5.41, 5.74) is -0.722. The molecule has 0 N–H and O–H groups in total. The first-order valence-electron chi connectivity index (χ1n) is 9.25. The molecule has 2 aliphatic rings. The molecule has 0 spiro atoms. The van der Waals surface area contributed by atoms with E-state index in [1.807, 2.05) is 0 Å². The number of rotatable bonds is 4. The lowest BCUT2D eigenvalue weighted by atomic mass is 10.1. The summed E-state index contributed by atoms with van der Waals surface area (Å²) in [4.78, 5) is 17.8. The largest absolute Gasteiger partial charge is 0.484 e. The maximum absolute atomic E-state index is 13.2. The lowest BCUT2D eigenvalue weighted by Crippen LogP contribution is -2.38. The lowest BCUT2D eigenvalue weighted by molar-refractivity contribution is -0.137. The van der Waals surface area contributed by atoms with Crippen LogP contribution in [0.4, 0.5) is 18.9 Å². The Bertz CT molecular complexity index is 1120. The third-order valence-corrected chi connectivity index (χ3v) is 8.05. The number of fused-ring (bicyclic) bond motifs is 1. The number of nitrogens with zero attached hydrogens (tertiary/aromatic N) is 2. The summed E-state index contributed by atoms with van der Waals surface area (Å²) < 4.78 is 69.1. The van der Waals surface area contributed by atoms with Gasteiger partial charge in [-0.05, 0) is 30.3 Å². The lowest BCUT2D eigenvalue weighted by Gasteiger charge is -2.25. The number of halogens is 3. The first kappa shape index (κ1) is 21.7. The minimum atomic E-state index is -4.55. The predicted molar refractivity (Wildman–Crippen MR) is 112 cm³/mol. The molecule has 4 rings (SSSR count). The van der Waals surface area contributed by atoms with E-state index in [9.17, 15) is 26.4 Å². The summed E-state index contributed by atoms with van der Waals surface area (Å²) in [6.07, 6.45) is -4.55. The molecule has 1 amide bonds. The van der Waals surface area contributed by atoms with Gasteiger partial charge in [-0.2, -0.15) is 18.2 Å². The van der Waals surface area contributed by atoms with Crippen molar-refractivity contribution in [2.45, 2.75) is 17.5 Å². The Balaban J connectivity index is 1.62. The number of hydrogen-bond donors (Lipinski definition) is 0. The number of ether oxygens (including phenoxy) is 1. The normalized spacial score (nSPS) is 23.7. The Labute approximate surface area is 181 Å². The van der Waals surface area contributed by atoms with E-state index >= 15 is 0 Å². The fraction of sp³-hybridized carbons (Fsp3) is 0.300. The van der Waals surface area contributed by atoms with Crippen molar-refractivity contribution in [3.05, 3.63) is 60.2 Å². The van der Waals surface area contributed by atoms with E-state index < -0.39 is 38.8 Å². The highest BCUT2D eigenvalue weighted by molar-refractivity contribution is 8.16. The molecular formula is C20H17F3N2O4S2. The second-order valence-electron chi connectivity index (χ2n) is 7.11. The zero-order valence-electron chi connectivity index (χ0n) is 15.9. The van der Waals surface area contributed by atoms with Crippen LogP contribution in [-0.4, -0.2) is 48.9 Å². The van der Waals surface area contributed by atoms with E-state index in [-0.39, 0.29) is 29.0 Å². The number of amidine groups is 1. The standard InChI is InChI=1S/C20H17F3N2O4S2/c21-20(22,23)13-5-4-6-14(9-13)25-16-11-31(27,28)12-17(16)30-19(25)24-18(26)10-29-15-7-2-1-3-8-15/h1-9,16-17H,10-12H2/t16-,17+/m1/s1. The van der Waals surface area contributed by atoms with Crippen LogP contribution in [0.1, 0.15) is 5.56 Å². The Morgan fingerprint density at radius 1 is 1.13 bits per heavy atom. The van der Waals surface area contributed by atoms with E-state index in [1.54, 1.807) is 30.3 Å². The molecule has 0 saturated carbocycles. The van der Waals surface area contributed by atoms with Crippen LogP contribution in [0.2, 0.25) is 0 Å². The van der Waals surface area contributed by atoms with Gasteiger partial charge in [-0.1, -0.05) is 36.0 Å². The predicted octanol–water partition coefficient (Wildman–Crippen LogP) is 3.39. The molecule has 0 radical (unpaired) electrons. The number of sulfone groups is 1. The molecule has 164 valence electrons. The van der Waals surface area contributed by atoms with Gasteiger partial charge in [0.05, 0.1) is 23.1 Å². The van der Waals surface area contributed by atoms with Gasteiger partial charge in [0, 0.05) is 10.9 Å². The molecule has 2 aromatic rings. The smallest absolute Gasteiger partial charge is 0.416 e. The molecular weight excluding hydrogens is 453 g/mol. The van der Waals surface area contributed by atoms with Gasteiger partial charge in [-0.15, -0.1) is 0 Å². The molecule has 11 heteroatoms. The molecule has 2 aromatic carbocycles. The Morgan fingerprint density at radius 2 is 1.87 bits per heavy atom. The molecule has 0 aliphatic carbocycles. The van der Waals surface area contributed by atoms with Crippen molar-refractivity contribution in [3.8, 4) is 5.75 Å². The number of anilines is 1. The molecule has 2 saturated heterocycles. The van der Waals surface area contributed by atoms with Gasteiger partial charge >= 0.3 is 6.18 Å². The molecule has 2 aliphatic heterocycles. The first-order valence-corrected chi connectivity index (χ1v) is 12.0. The summed E-state index contributed by atoms with van der Waals surface area (Å²) in [5.74, 6) is -0.473. The SMILES string of the molecule is O=C(COc1ccccc1)N=C1S[C@H]2CS(=O)(=O)C[C@H]2N1c1cccc(C(F)(F)F)c1. The van der Waals surface area contributed by atoms with Crippen molar-refractivity contribution in [2.75, 3.05) is 23.0 Å². The summed E-state index contributed by atoms with van der Waals surface area (Å²) in [6.45, 7) is -0.349. The van der Waals surface area contributed by atoms with Gasteiger partial charge in [0.2, 0.25) is 0 Å². The first-order chi connectivity index (χ1) is 14.6. The van der Waals surface area contributed by atoms with Crippen LogP contribution >= 0.6 is 11.8 Å². The minimum absolute atomic E-state index is 0.120. The van der Waals surface area contributed by atoms with Crippen LogP contribution < -0.4 is 9.64 Å². The van der Waals surface area contributed by atoms with E-state index in [1.165, 1.54) is 17.0 Å². The molecule has 0 unspecified atom stereocenters. The Morgan fingerprint density at radius 3 is 2.58 bits per heavy atom. The van der Waals surface area contributed by atoms with Gasteiger partial charge in [-0.25, -0.2) is 8.42 Å². The Hall–Kier alpha value is -2.53. The molecule has 2 heterocycles. The number of carbonyl (C=O) groups is 1. The Kier molecular flexibility index (Phi) is 5.73. The summed E-state index contributed by atoms with van der Waals surface area (Å²) in [6, 6.07) is 12.6. The van der Waals surface area contributed by atoms with Crippen molar-refractivity contribution in [1.29, 1.82) is 0 Å². The maximum atomic E-state index is 13.2. The van der Waals surface area contributed by atoms with E-state index in [0.29, 0.717) is 5.75 Å². The van der Waals surface area contributed by atoms with Crippen molar-refractivity contribution < 1.29 is 31.1 Å². The monoisotopic (exact) mass is 470 g/mol. The third kappa shape index (κ3) is 4.87. The third-order valence-electron chi connectivity index (χ3n) is 4.84. The number of amides is 1. The zero-order valence-corrected chi connectivity index (χ0v) is 17.6. The number of hydrogen-bond acceptors (Lipinski definition) is 5. The van der Waals surface area contributed by atoms with Gasteiger partial charge < -0.3 is 9.64 Å². The molecule has 0 aromatic heterocycles. The van der Waals surface area contributed by atoms with Crippen molar-refractivity contribution in [3.63, 3.8) is 0 Å². The maximum Gasteiger partial charge on any atom is 0.416 e. The molecule has 31 heavy (non-hydrogen) atoms. The number of aliphatic imine (C=N–C) groups is 1. The number of benzene rings is 2. The van der Waals surface area contributed by atoms with Crippen molar-refractivity contribution in [2.24, 2.45) is 4.99 Å². The highest BCUT2D eigenvalue weighted by atomic mass is 32.2. The van der Waals surface area contributed by atoms with Crippen LogP contribution in [0.25, 0.3) is 0 Å². The van der Waals surface area contributed by atoms with Gasteiger partial charge in [0.25, 0.3) is 5.91 Å². The van der Waals surface area contributed by atoms with Crippen LogP contribution in [0.3, 0.4) is 0 Å². The summed E-state index contributed by atoms with van der Waals surface area (Å²) in [5, 5.41) is -0.243. The van der Waals surface area contributed by atoms with Crippen molar-refractivity contribution >= 4 is 38.4 Å². The molecule has 2 atom stereocenters. The number of thioether (sulfide) groups is 1. The van der Waals surface area contributed by atoms with Gasteiger partial charge in [0.1, 0.15) is 5.75 Å². The second-order valence-corrected chi connectivity index (χ2v) is 10.5. The summed E-state index contributed by atoms with van der Waals surface area (Å²) in [7, 11) is -3.33. The minimum Gasteiger partial charge on any atom is -0.484 e. The fourth-order valence-corrected chi connectivity index (χ4v) is 7.43. The van der Waals surface area contributed by atoms with Gasteiger partial charge in [-0.3, -0.25) is 4.79 Å². The average Bonchev–Trinajstić information content (AvgIpc) is 3.17. The number of para-hydroxylation sites is 1. The van der Waals surface area contributed by atoms with E-state index in [4.69, 9.17) is 4.74 Å². The van der Waals surface area contributed by atoms with E-state index in [0.717, 1.165) is 23.9 Å². The van der Waals surface area contributed by atoms with Crippen LogP contribution in [0.5, 0.6) is 5.75 Å². The molecule has 0 bridgehead atoms. The van der Waals surface area contributed by atoms with Crippen LogP contribution in [-0.2, 0) is 20.8 Å². The van der Waals surface area contributed by atoms with Crippen LogP contribution in [0.15, 0.2) is 59.6 Å². The van der Waals surface area contributed by atoms with Crippen molar-refractivity contribution in [1.82, 2.24) is 0 Å². The average molecular weight is 470 g/mol. The number of alkyl halides is 3. The molecule has 6 nitrogen and oxygen atoms in total. The highest BCUT2D eigenvalue weighted by Crippen LogP contribution is 2.42. The number of carbonyl (C=O) groups excluding carboxylic acids is 1. The topological polar surface area (TPSA) is 76.0 Å². The van der Waals surface area contributed by atoms with Gasteiger partial charge in [0.15, 0.2) is 21.6 Å². The van der Waals surface area contributed by atoms with Crippen LogP contribution in [0, 0.1) is 0 Å². The second kappa shape index (κ2) is 8.19. The molecule has 2 fully saturated rings. The van der Waals surface area contributed by atoms with E-state index in [2.05, 4.69) is 4.99 Å². The fourth-order valence-electron chi connectivity index (χ4n) is 3.50. The highest BCUT2D eigenvalue weighted by Gasteiger charge is 2.49. The quantitative estimate of drug-likeness (QED) is 0.682.